The molecular weight excluding hydrogens is 272 g/mol. The molecule has 110 valence electrons. The van der Waals surface area contributed by atoms with Crippen molar-refractivity contribution in [2.24, 2.45) is 11.5 Å². The van der Waals surface area contributed by atoms with E-state index in [1.807, 2.05) is 0 Å². The molecule has 0 unspecified atom stereocenters. The summed E-state index contributed by atoms with van der Waals surface area (Å²) in [6.45, 7) is 0. The van der Waals surface area contributed by atoms with Gasteiger partial charge in [-0.25, -0.2) is 0 Å². The Labute approximate surface area is 121 Å². The Balaban J connectivity index is 0.000000211. The van der Waals surface area contributed by atoms with Gasteiger partial charge in [-0.2, -0.15) is 0 Å². The third-order valence-corrected chi connectivity index (χ3v) is 2.54. The largest absolute Gasteiger partial charge is 0.507 e. The Morgan fingerprint density at radius 3 is 1.76 bits per heavy atom. The molecule has 0 radical (unpaired) electrons. The fourth-order valence-electron chi connectivity index (χ4n) is 1.53. The maximum Gasteiger partial charge on any atom is 0.252 e. The van der Waals surface area contributed by atoms with Crippen LogP contribution in [0, 0.1) is 0 Å². The summed E-state index contributed by atoms with van der Waals surface area (Å²) in [4.78, 5) is 21.2. The third kappa shape index (κ3) is 4.54. The molecule has 0 fully saturated rings. The summed E-state index contributed by atoms with van der Waals surface area (Å²) in [5.74, 6) is -0.643. The number of primary amides is 2. The average Bonchev–Trinajstić information content (AvgIpc) is 2.48. The number of phenols is 1. The van der Waals surface area contributed by atoms with Gasteiger partial charge in [-0.3, -0.25) is 9.59 Å². The fraction of sp³-hybridized carbons (Fsp3) is 0.0667. The number of methoxy groups -OCH3 is 1. The lowest BCUT2D eigenvalue weighted by atomic mass is 10.2. The molecule has 0 saturated heterocycles. The number of nitrogens with two attached hydrogens (primary N) is 2. The highest BCUT2D eigenvalue weighted by molar-refractivity contribution is 5.95. The predicted molar refractivity (Wildman–Crippen MR) is 78.1 cm³/mol. The molecule has 0 spiro atoms. The van der Waals surface area contributed by atoms with Crippen LogP contribution in [0.1, 0.15) is 20.7 Å². The second-order valence-electron chi connectivity index (χ2n) is 3.95. The molecule has 6 nitrogen and oxygen atoms in total. The van der Waals surface area contributed by atoms with E-state index in [0.29, 0.717) is 11.3 Å². The highest BCUT2D eigenvalue weighted by atomic mass is 16.5. The number of ether oxygens (including phenoxy) is 1. The molecule has 0 aliphatic carbocycles. The zero-order chi connectivity index (χ0) is 15.8. The minimum absolute atomic E-state index is 0.0741. The van der Waals surface area contributed by atoms with Gasteiger partial charge in [0.25, 0.3) is 11.8 Å². The van der Waals surface area contributed by atoms with Gasteiger partial charge >= 0.3 is 0 Å². The molecule has 0 bridgehead atoms. The molecule has 2 aromatic rings. The first kappa shape index (κ1) is 16.0. The monoisotopic (exact) mass is 288 g/mol. The summed E-state index contributed by atoms with van der Waals surface area (Å²) in [5.41, 5.74) is 10.6. The first-order chi connectivity index (χ1) is 9.97. The van der Waals surface area contributed by atoms with Crippen LogP contribution in [0.3, 0.4) is 0 Å². The molecule has 5 N–H and O–H groups in total. The Bertz CT molecular complexity index is 641. The van der Waals surface area contributed by atoms with E-state index in [2.05, 4.69) is 0 Å². The first-order valence-electron chi connectivity index (χ1n) is 5.98. The zero-order valence-corrected chi connectivity index (χ0v) is 11.4. The van der Waals surface area contributed by atoms with Crippen LogP contribution in [-0.2, 0) is 0 Å². The summed E-state index contributed by atoms with van der Waals surface area (Å²) in [7, 11) is 1.50. The van der Waals surface area contributed by atoms with Crippen molar-refractivity contribution in [3.8, 4) is 11.5 Å². The summed E-state index contributed by atoms with van der Waals surface area (Å²) in [6, 6.07) is 13.0. The molecule has 0 saturated carbocycles. The minimum atomic E-state index is -0.613. The number of aromatic hydroxyl groups is 1. The lowest BCUT2D eigenvalue weighted by Crippen LogP contribution is -2.11. The SMILES string of the molecule is COc1ccccc1C(N)=O.NC(=O)c1ccccc1O. The van der Waals surface area contributed by atoms with Crippen LogP contribution >= 0.6 is 0 Å². The molecule has 0 aliphatic heterocycles. The number of rotatable bonds is 3. The van der Waals surface area contributed by atoms with Crippen LogP contribution in [0.15, 0.2) is 48.5 Å². The number of carbonyl (C=O) groups is 2. The van der Waals surface area contributed by atoms with E-state index in [1.54, 1.807) is 36.4 Å². The minimum Gasteiger partial charge on any atom is -0.507 e. The van der Waals surface area contributed by atoms with Gasteiger partial charge in [0.2, 0.25) is 0 Å². The topological polar surface area (TPSA) is 116 Å². The number of amides is 2. The van der Waals surface area contributed by atoms with Crippen LogP contribution in [0.5, 0.6) is 11.5 Å². The number of hydrogen-bond donors (Lipinski definition) is 3. The molecule has 0 aliphatic rings. The van der Waals surface area contributed by atoms with Crippen LogP contribution in [0.2, 0.25) is 0 Å². The van der Waals surface area contributed by atoms with Crippen LogP contribution in [0.25, 0.3) is 0 Å². The highest BCUT2D eigenvalue weighted by Crippen LogP contribution is 2.15. The lowest BCUT2D eigenvalue weighted by Gasteiger charge is -2.02. The number of para-hydroxylation sites is 2. The highest BCUT2D eigenvalue weighted by Gasteiger charge is 2.05. The molecule has 0 heterocycles. The first-order valence-corrected chi connectivity index (χ1v) is 5.98. The van der Waals surface area contributed by atoms with Crippen molar-refractivity contribution in [3.05, 3.63) is 59.7 Å². The van der Waals surface area contributed by atoms with Crippen molar-refractivity contribution in [3.63, 3.8) is 0 Å². The summed E-state index contributed by atoms with van der Waals surface area (Å²) >= 11 is 0. The van der Waals surface area contributed by atoms with E-state index in [1.165, 1.54) is 19.2 Å². The second-order valence-corrected chi connectivity index (χ2v) is 3.95. The maximum absolute atomic E-state index is 10.7. The Morgan fingerprint density at radius 1 is 0.905 bits per heavy atom. The van der Waals surface area contributed by atoms with Crippen molar-refractivity contribution < 1.29 is 19.4 Å². The van der Waals surface area contributed by atoms with Gasteiger partial charge in [0, 0.05) is 0 Å². The van der Waals surface area contributed by atoms with E-state index < -0.39 is 11.8 Å². The predicted octanol–water partition coefficient (Wildman–Crippen LogP) is 1.29. The molecular formula is C15H16N2O4. The van der Waals surface area contributed by atoms with Gasteiger partial charge in [0.05, 0.1) is 18.2 Å². The Kier molecular flexibility index (Phi) is 5.76. The van der Waals surface area contributed by atoms with Crippen molar-refractivity contribution in [2.75, 3.05) is 7.11 Å². The zero-order valence-electron chi connectivity index (χ0n) is 11.4. The van der Waals surface area contributed by atoms with Gasteiger partial charge in [-0.15, -0.1) is 0 Å². The van der Waals surface area contributed by atoms with E-state index in [9.17, 15) is 9.59 Å². The van der Waals surface area contributed by atoms with E-state index in [0.717, 1.165) is 0 Å². The summed E-state index contributed by atoms with van der Waals surface area (Å²) in [6.07, 6.45) is 0. The van der Waals surface area contributed by atoms with Gasteiger partial charge in [-0.1, -0.05) is 24.3 Å². The second kappa shape index (κ2) is 7.54. The van der Waals surface area contributed by atoms with Gasteiger partial charge in [0.15, 0.2) is 0 Å². The normalized spacial score (nSPS) is 9.19. The maximum atomic E-state index is 10.7. The smallest absolute Gasteiger partial charge is 0.252 e. The average molecular weight is 288 g/mol. The lowest BCUT2D eigenvalue weighted by molar-refractivity contribution is 0.0988. The molecule has 21 heavy (non-hydrogen) atoms. The Morgan fingerprint density at radius 2 is 1.38 bits per heavy atom. The van der Waals surface area contributed by atoms with Crippen molar-refractivity contribution in [2.45, 2.75) is 0 Å². The summed E-state index contributed by atoms with van der Waals surface area (Å²) in [5, 5.41) is 8.98. The van der Waals surface area contributed by atoms with Gasteiger partial charge in [0.1, 0.15) is 11.5 Å². The van der Waals surface area contributed by atoms with E-state index in [4.69, 9.17) is 21.3 Å². The molecule has 2 amide bonds. The molecule has 2 aromatic carbocycles. The number of carbonyl (C=O) groups excluding carboxylic acids is 2. The van der Waals surface area contributed by atoms with E-state index in [-0.39, 0.29) is 11.3 Å². The van der Waals surface area contributed by atoms with Crippen LogP contribution < -0.4 is 16.2 Å². The Hall–Kier alpha value is -3.02. The van der Waals surface area contributed by atoms with Crippen molar-refractivity contribution >= 4 is 11.8 Å². The van der Waals surface area contributed by atoms with E-state index >= 15 is 0 Å². The third-order valence-electron chi connectivity index (χ3n) is 2.54. The fourth-order valence-corrected chi connectivity index (χ4v) is 1.53. The number of benzene rings is 2. The van der Waals surface area contributed by atoms with Crippen molar-refractivity contribution in [1.29, 1.82) is 0 Å². The van der Waals surface area contributed by atoms with Gasteiger partial charge < -0.3 is 21.3 Å². The molecule has 0 atom stereocenters. The standard InChI is InChI=1S/C8H9NO2.C7H7NO2/c1-11-7-5-3-2-4-6(7)8(9)10;8-7(10)5-3-1-2-4-6(5)9/h2-5H,1H3,(H2,9,10);1-4,9H,(H2,8,10). The number of hydrogen-bond acceptors (Lipinski definition) is 4. The molecule has 0 aromatic heterocycles. The van der Waals surface area contributed by atoms with Crippen molar-refractivity contribution in [1.82, 2.24) is 0 Å². The molecule has 2 rings (SSSR count). The summed E-state index contributed by atoms with van der Waals surface area (Å²) < 4.78 is 4.91. The quantitative estimate of drug-likeness (QED) is 0.789. The van der Waals surface area contributed by atoms with Gasteiger partial charge in [-0.05, 0) is 24.3 Å². The molecule has 6 heteroatoms. The van der Waals surface area contributed by atoms with Crippen LogP contribution in [-0.4, -0.2) is 24.0 Å². The van der Waals surface area contributed by atoms with Crippen LogP contribution in [0.4, 0.5) is 0 Å².